The Morgan fingerprint density at radius 2 is 2.09 bits per heavy atom. The molecule has 1 heterocycles. The Hall–Kier alpha value is -1.21. The Kier molecular flexibility index (Phi) is 4.36. The Labute approximate surface area is 133 Å². The number of rotatable bonds is 3. The van der Waals surface area contributed by atoms with Crippen LogP contribution < -0.4 is 4.72 Å². The maximum absolute atomic E-state index is 12.1. The first-order valence-electron chi connectivity index (χ1n) is 7.58. The lowest BCUT2D eigenvalue weighted by Crippen LogP contribution is -2.30. The van der Waals surface area contributed by atoms with Gasteiger partial charge >= 0.3 is 0 Å². The molecule has 1 aromatic carbocycles. The highest BCUT2D eigenvalue weighted by atomic mass is 32.2. The smallest absolute Gasteiger partial charge is 0.263 e. The third-order valence-electron chi connectivity index (χ3n) is 4.23. The maximum atomic E-state index is 12.1. The summed E-state index contributed by atoms with van der Waals surface area (Å²) in [5.74, 6) is 1.10. The summed E-state index contributed by atoms with van der Waals surface area (Å²) in [4.78, 5) is 4.92. The minimum Gasteiger partial charge on any atom is -0.264 e. The van der Waals surface area contributed by atoms with E-state index in [1.165, 1.54) is 0 Å². The summed E-state index contributed by atoms with van der Waals surface area (Å²) in [6.45, 7) is 1.94. The lowest BCUT2D eigenvalue weighted by Gasteiger charge is -2.26. The van der Waals surface area contributed by atoms with Gasteiger partial charge in [-0.05, 0) is 31.4 Å². The molecule has 2 aliphatic rings. The first kappa shape index (κ1) is 15.7. The van der Waals surface area contributed by atoms with Crippen molar-refractivity contribution in [3.63, 3.8) is 0 Å². The summed E-state index contributed by atoms with van der Waals surface area (Å²) in [5, 5.41) is 0.182. The van der Waals surface area contributed by atoms with Crippen LogP contribution in [0.4, 0.5) is 0 Å². The number of nitrogens with one attached hydrogen (secondary N) is 1. The van der Waals surface area contributed by atoms with Crippen LogP contribution in [0.3, 0.4) is 0 Å². The predicted octanol–water partition coefficient (Wildman–Crippen LogP) is 1.80. The van der Waals surface area contributed by atoms with Gasteiger partial charge in [-0.1, -0.05) is 25.5 Å². The largest absolute Gasteiger partial charge is 0.264 e. The van der Waals surface area contributed by atoms with Crippen LogP contribution >= 0.6 is 0 Å². The van der Waals surface area contributed by atoms with Gasteiger partial charge < -0.3 is 0 Å². The molecule has 1 saturated carbocycles. The van der Waals surface area contributed by atoms with E-state index in [9.17, 15) is 12.6 Å². The third kappa shape index (κ3) is 2.96. The number of amidine groups is 1. The molecule has 120 valence electrons. The molecule has 0 saturated heterocycles. The van der Waals surface area contributed by atoms with Crippen LogP contribution in [0.1, 0.15) is 38.2 Å². The molecule has 7 heteroatoms. The van der Waals surface area contributed by atoms with E-state index in [-0.39, 0.29) is 11.3 Å². The Morgan fingerprint density at radius 3 is 2.86 bits per heavy atom. The van der Waals surface area contributed by atoms with E-state index in [0.29, 0.717) is 22.0 Å². The molecule has 3 unspecified atom stereocenters. The molecule has 0 bridgehead atoms. The standard InChI is InChI=1S/C15H20N2O3S2/c1-2-21(18)12-7-5-6-11(10-12)16-15-13-8-3-4-9-14(13)22(19,20)17-15/h3-4,8-9,11-12H,2,5-7,10H2,1H3,(H,16,17). The monoisotopic (exact) mass is 340 g/mol. The quantitative estimate of drug-likeness (QED) is 0.912. The Morgan fingerprint density at radius 1 is 1.32 bits per heavy atom. The van der Waals surface area contributed by atoms with E-state index in [4.69, 9.17) is 0 Å². The van der Waals surface area contributed by atoms with Crippen LogP contribution in [0, 0.1) is 0 Å². The van der Waals surface area contributed by atoms with Gasteiger partial charge in [-0.3, -0.25) is 13.9 Å². The molecule has 0 spiro atoms. The number of aliphatic imine (C=N–C) groups is 1. The summed E-state index contributed by atoms with van der Waals surface area (Å²) in [6.07, 6.45) is 3.66. The Balaban J connectivity index is 1.86. The first-order chi connectivity index (χ1) is 10.5. The second kappa shape index (κ2) is 6.12. The maximum Gasteiger partial charge on any atom is 0.263 e. The van der Waals surface area contributed by atoms with E-state index in [1.54, 1.807) is 18.2 Å². The molecular weight excluding hydrogens is 320 g/mol. The average Bonchev–Trinajstić information content (AvgIpc) is 2.78. The molecule has 1 fully saturated rings. The van der Waals surface area contributed by atoms with Crippen LogP contribution in [0.5, 0.6) is 0 Å². The fourth-order valence-corrected chi connectivity index (χ4v) is 5.70. The van der Waals surface area contributed by atoms with Crippen LogP contribution in [0.25, 0.3) is 0 Å². The number of sulfonamides is 1. The first-order valence-corrected chi connectivity index (χ1v) is 10.4. The zero-order valence-electron chi connectivity index (χ0n) is 12.5. The predicted molar refractivity (Wildman–Crippen MR) is 88.0 cm³/mol. The summed E-state index contributed by atoms with van der Waals surface area (Å²) < 4.78 is 38.7. The van der Waals surface area contributed by atoms with Crippen molar-refractivity contribution in [2.75, 3.05) is 5.75 Å². The van der Waals surface area contributed by atoms with Crippen molar-refractivity contribution in [1.29, 1.82) is 0 Å². The topological polar surface area (TPSA) is 75.6 Å². The summed E-state index contributed by atoms with van der Waals surface area (Å²) in [6, 6.07) is 6.93. The van der Waals surface area contributed by atoms with Crippen molar-refractivity contribution in [3.8, 4) is 0 Å². The molecule has 0 amide bonds. The summed E-state index contributed by atoms with van der Waals surface area (Å²) in [5.41, 5.74) is 0.640. The Bertz CT molecular complexity index is 728. The van der Waals surface area contributed by atoms with Gasteiger partial charge in [0.2, 0.25) is 0 Å². The molecule has 3 atom stereocenters. The summed E-state index contributed by atoms with van der Waals surface area (Å²) >= 11 is 0. The van der Waals surface area contributed by atoms with Crippen molar-refractivity contribution in [1.82, 2.24) is 4.72 Å². The highest BCUT2D eigenvalue weighted by molar-refractivity contribution is 7.90. The molecule has 1 aromatic rings. The van der Waals surface area contributed by atoms with Crippen LogP contribution in [-0.2, 0) is 20.8 Å². The zero-order chi connectivity index (χ0) is 15.7. The normalized spacial score (nSPS) is 29.8. The fourth-order valence-electron chi connectivity index (χ4n) is 3.12. The van der Waals surface area contributed by atoms with E-state index in [0.717, 1.165) is 25.7 Å². The minimum atomic E-state index is -3.48. The van der Waals surface area contributed by atoms with Gasteiger partial charge in [0.05, 0.1) is 10.9 Å². The van der Waals surface area contributed by atoms with Crippen LogP contribution in [0.2, 0.25) is 0 Å². The zero-order valence-corrected chi connectivity index (χ0v) is 14.1. The lowest BCUT2D eigenvalue weighted by atomic mass is 9.95. The highest BCUT2D eigenvalue weighted by Gasteiger charge is 2.32. The number of fused-ring (bicyclic) bond motifs is 1. The van der Waals surface area contributed by atoms with Gasteiger partial charge in [0.25, 0.3) is 10.0 Å². The van der Waals surface area contributed by atoms with Gasteiger partial charge in [0.1, 0.15) is 5.84 Å². The number of hydrogen-bond donors (Lipinski definition) is 1. The van der Waals surface area contributed by atoms with Crippen molar-refractivity contribution in [2.24, 2.45) is 4.99 Å². The molecule has 0 radical (unpaired) electrons. The molecule has 1 N–H and O–H groups in total. The molecule has 22 heavy (non-hydrogen) atoms. The van der Waals surface area contributed by atoms with Crippen molar-refractivity contribution in [2.45, 2.75) is 48.8 Å². The summed E-state index contributed by atoms with van der Waals surface area (Å²) in [7, 11) is -4.29. The van der Waals surface area contributed by atoms with Gasteiger partial charge in [-0.2, -0.15) is 0 Å². The lowest BCUT2D eigenvalue weighted by molar-refractivity contribution is 0.446. The SMILES string of the molecule is CCS(=O)C1CCCC(N=C2NS(=O)(=O)c3ccccc32)C1. The highest BCUT2D eigenvalue weighted by Crippen LogP contribution is 2.28. The van der Waals surface area contributed by atoms with E-state index in [2.05, 4.69) is 9.71 Å². The molecule has 1 aliphatic carbocycles. The molecule has 0 aromatic heterocycles. The van der Waals surface area contributed by atoms with Crippen molar-refractivity contribution in [3.05, 3.63) is 29.8 Å². The minimum absolute atomic E-state index is 0.0399. The molecule has 1 aliphatic heterocycles. The van der Waals surface area contributed by atoms with Gasteiger partial charge in [0, 0.05) is 27.4 Å². The number of nitrogens with zero attached hydrogens (tertiary/aromatic N) is 1. The van der Waals surface area contributed by atoms with Gasteiger partial charge in [-0.15, -0.1) is 0 Å². The van der Waals surface area contributed by atoms with Crippen LogP contribution in [0.15, 0.2) is 34.2 Å². The second-order valence-electron chi connectivity index (χ2n) is 5.69. The molecule has 3 rings (SSSR count). The van der Waals surface area contributed by atoms with E-state index < -0.39 is 20.8 Å². The second-order valence-corrected chi connectivity index (χ2v) is 9.35. The molecule has 5 nitrogen and oxygen atoms in total. The fraction of sp³-hybridized carbons (Fsp3) is 0.533. The van der Waals surface area contributed by atoms with E-state index in [1.807, 2.05) is 13.0 Å². The third-order valence-corrected chi connectivity index (χ3v) is 7.37. The number of benzene rings is 1. The van der Waals surface area contributed by atoms with Gasteiger partial charge in [0.15, 0.2) is 0 Å². The average molecular weight is 340 g/mol. The van der Waals surface area contributed by atoms with Crippen molar-refractivity contribution < 1.29 is 12.6 Å². The van der Waals surface area contributed by atoms with E-state index >= 15 is 0 Å². The van der Waals surface area contributed by atoms with Crippen molar-refractivity contribution >= 4 is 26.7 Å². The van der Waals surface area contributed by atoms with Gasteiger partial charge in [-0.25, -0.2) is 8.42 Å². The number of hydrogen-bond acceptors (Lipinski definition) is 4. The molecular formula is C15H20N2O3S2. The van der Waals surface area contributed by atoms with Crippen LogP contribution in [-0.4, -0.2) is 35.5 Å².